The highest BCUT2D eigenvalue weighted by Gasteiger charge is 2.34. The lowest BCUT2D eigenvalue weighted by Crippen LogP contribution is -2.54. The molecule has 1 aliphatic rings. The summed E-state index contributed by atoms with van der Waals surface area (Å²) in [7, 11) is 0. The molecule has 28 heavy (non-hydrogen) atoms. The summed E-state index contributed by atoms with van der Waals surface area (Å²) >= 11 is 5.14. The number of thiocarbonyl (C=S) groups is 1. The van der Waals surface area contributed by atoms with Crippen LogP contribution in [0.15, 0.2) is 54.1 Å². The summed E-state index contributed by atoms with van der Waals surface area (Å²) in [5.41, 5.74) is 0.887. The van der Waals surface area contributed by atoms with Gasteiger partial charge in [0.05, 0.1) is 11.8 Å². The predicted molar refractivity (Wildman–Crippen MR) is 109 cm³/mol. The zero-order valence-electron chi connectivity index (χ0n) is 15.4. The highest BCUT2D eigenvalue weighted by atomic mass is 32.1. The molecule has 0 saturated carbocycles. The maximum absolute atomic E-state index is 13.2. The van der Waals surface area contributed by atoms with Crippen LogP contribution >= 0.6 is 12.2 Å². The second-order valence-electron chi connectivity index (χ2n) is 6.31. The lowest BCUT2D eigenvalue weighted by Gasteiger charge is -2.29. The summed E-state index contributed by atoms with van der Waals surface area (Å²) in [6.45, 7) is 3.95. The molecule has 1 unspecified atom stereocenters. The maximum atomic E-state index is 13.2. The van der Waals surface area contributed by atoms with E-state index in [1.807, 2.05) is 19.9 Å². The standard InChI is InChI=1S/C21H19FN2O3S/c1-3-13(2)27-18-7-5-4-6-14(18)12-17-19(25)23-21(28)24(20(17)26)16-10-8-15(22)9-11-16/h4-13H,3H2,1-2H3,(H,23,25,28). The third-order valence-corrected chi connectivity index (χ3v) is 4.59. The average molecular weight is 398 g/mol. The smallest absolute Gasteiger partial charge is 0.270 e. The molecule has 2 aromatic rings. The number of carbonyl (C=O) groups is 2. The molecule has 7 heteroatoms. The molecule has 2 amide bonds. The van der Waals surface area contributed by atoms with Crippen molar-refractivity contribution in [3.05, 3.63) is 65.5 Å². The van der Waals surface area contributed by atoms with Gasteiger partial charge in [-0.3, -0.25) is 19.8 Å². The molecule has 3 rings (SSSR count). The first kappa shape index (κ1) is 19.7. The van der Waals surface area contributed by atoms with Gasteiger partial charge < -0.3 is 4.74 Å². The number of hydrogen-bond donors (Lipinski definition) is 1. The van der Waals surface area contributed by atoms with E-state index >= 15 is 0 Å². The number of ether oxygens (including phenoxy) is 1. The van der Waals surface area contributed by atoms with Crippen LogP contribution in [0.25, 0.3) is 6.08 Å². The molecule has 1 N–H and O–H groups in total. The number of amides is 2. The molecule has 0 aromatic heterocycles. The van der Waals surface area contributed by atoms with Crippen LogP contribution in [0.4, 0.5) is 10.1 Å². The summed E-state index contributed by atoms with van der Waals surface area (Å²) in [6, 6.07) is 12.5. The molecule has 1 atom stereocenters. The molecule has 0 spiro atoms. The minimum Gasteiger partial charge on any atom is -0.490 e. The summed E-state index contributed by atoms with van der Waals surface area (Å²) in [4.78, 5) is 26.6. The molecule has 0 radical (unpaired) electrons. The van der Waals surface area contributed by atoms with Crippen molar-refractivity contribution in [1.82, 2.24) is 5.32 Å². The first-order valence-electron chi connectivity index (χ1n) is 8.83. The number of rotatable bonds is 5. The van der Waals surface area contributed by atoms with Crippen LogP contribution in [0.1, 0.15) is 25.8 Å². The minimum absolute atomic E-state index is 0.0151. The zero-order valence-corrected chi connectivity index (χ0v) is 16.3. The van der Waals surface area contributed by atoms with Crippen LogP contribution in [-0.4, -0.2) is 23.0 Å². The number of carbonyl (C=O) groups excluding carboxylic acids is 2. The summed E-state index contributed by atoms with van der Waals surface area (Å²) in [5.74, 6) is -1.04. The fourth-order valence-corrected chi connectivity index (χ4v) is 2.93. The fourth-order valence-electron chi connectivity index (χ4n) is 2.64. The molecule has 0 aliphatic carbocycles. The Morgan fingerprint density at radius 2 is 1.86 bits per heavy atom. The maximum Gasteiger partial charge on any atom is 0.270 e. The van der Waals surface area contributed by atoms with Gasteiger partial charge in [-0.1, -0.05) is 25.1 Å². The van der Waals surface area contributed by atoms with Crippen LogP contribution in [0, 0.1) is 5.82 Å². The quantitative estimate of drug-likeness (QED) is 0.472. The predicted octanol–water partition coefficient (Wildman–Crippen LogP) is 3.83. The van der Waals surface area contributed by atoms with E-state index in [1.165, 1.54) is 35.2 Å². The average Bonchev–Trinajstić information content (AvgIpc) is 2.67. The van der Waals surface area contributed by atoms with Crippen molar-refractivity contribution in [2.75, 3.05) is 4.90 Å². The van der Waals surface area contributed by atoms with Gasteiger partial charge in [0.25, 0.3) is 11.8 Å². The van der Waals surface area contributed by atoms with Crippen molar-refractivity contribution in [1.29, 1.82) is 0 Å². The second kappa shape index (κ2) is 8.31. The topological polar surface area (TPSA) is 58.6 Å². The zero-order chi connectivity index (χ0) is 20.3. The van der Waals surface area contributed by atoms with Crippen molar-refractivity contribution < 1.29 is 18.7 Å². The normalized spacial score (nSPS) is 16.9. The van der Waals surface area contributed by atoms with Gasteiger partial charge in [-0.2, -0.15) is 0 Å². The number of nitrogens with zero attached hydrogens (tertiary/aromatic N) is 1. The Balaban J connectivity index is 1.99. The van der Waals surface area contributed by atoms with Crippen molar-refractivity contribution in [2.24, 2.45) is 0 Å². The Kier molecular flexibility index (Phi) is 5.84. The summed E-state index contributed by atoms with van der Waals surface area (Å²) < 4.78 is 19.1. The van der Waals surface area contributed by atoms with Crippen LogP contribution in [0.2, 0.25) is 0 Å². The van der Waals surface area contributed by atoms with E-state index in [0.29, 0.717) is 17.0 Å². The summed E-state index contributed by atoms with van der Waals surface area (Å²) in [5, 5.41) is 2.46. The van der Waals surface area contributed by atoms with Crippen LogP contribution in [-0.2, 0) is 9.59 Å². The third-order valence-electron chi connectivity index (χ3n) is 4.31. The van der Waals surface area contributed by atoms with Crippen LogP contribution < -0.4 is 15.0 Å². The number of para-hydroxylation sites is 1. The monoisotopic (exact) mass is 398 g/mol. The van der Waals surface area contributed by atoms with Crippen molar-refractivity contribution in [2.45, 2.75) is 26.4 Å². The second-order valence-corrected chi connectivity index (χ2v) is 6.70. The van der Waals surface area contributed by atoms with Crippen molar-refractivity contribution >= 4 is 40.9 Å². The number of hydrogen-bond acceptors (Lipinski definition) is 4. The van der Waals surface area contributed by atoms with E-state index in [2.05, 4.69) is 5.32 Å². The Morgan fingerprint density at radius 1 is 1.18 bits per heavy atom. The van der Waals surface area contributed by atoms with Gasteiger partial charge in [0.15, 0.2) is 5.11 Å². The van der Waals surface area contributed by atoms with E-state index in [1.54, 1.807) is 18.2 Å². The van der Waals surface area contributed by atoms with E-state index in [9.17, 15) is 14.0 Å². The Hall–Kier alpha value is -3.06. The SMILES string of the molecule is CCC(C)Oc1ccccc1C=C1C(=O)NC(=S)N(c2ccc(F)cc2)C1=O. The molecule has 5 nitrogen and oxygen atoms in total. The largest absolute Gasteiger partial charge is 0.490 e. The lowest BCUT2D eigenvalue weighted by atomic mass is 10.1. The highest BCUT2D eigenvalue weighted by Crippen LogP contribution is 2.26. The third kappa shape index (κ3) is 4.09. The molecular weight excluding hydrogens is 379 g/mol. The van der Waals surface area contributed by atoms with Crippen LogP contribution in [0.3, 0.4) is 0 Å². The van der Waals surface area contributed by atoms with Gasteiger partial charge in [-0.15, -0.1) is 0 Å². The fraction of sp³-hybridized carbons (Fsp3) is 0.190. The van der Waals surface area contributed by atoms with Gasteiger partial charge in [0, 0.05) is 5.56 Å². The molecule has 1 heterocycles. The van der Waals surface area contributed by atoms with E-state index in [0.717, 1.165) is 6.42 Å². The molecule has 2 aromatic carbocycles. The van der Waals surface area contributed by atoms with Gasteiger partial charge in [0.1, 0.15) is 17.1 Å². The van der Waals surface area contributed by atoms with E-state index in [-0.39, 0.29) is 16.8 Å². The Bertz CT molecular complexity index is 956. The first-order valence-corrected chi connectivity index (χ1v) is 9.24. The van der Waals surface area contributed by atoms with Gasteiger partial charge >= 0.3 is 0 Å². The van der Waals surface area contributed by atoms with Crippen LogP contribution in [0.5, 0.6) is 5.75 Å². The number of benzene rings is 2. The van der Waals surface area contributed by atoms with Crippen molar-refractivity contribution in [3.8, 4) is 5.75 Å². The van der Waals surface area contributed by atoms with E-state index in [4.69, 9.17) is 17.0 Å². The highest BCUT2D eigenvalue weighted by molar-refractivity contribution is 7.80. The molecule has 1 aliphatic heterocycles. The minimum atomic E-state index is -0.591. The molecule has 0 bridgehead atoms. The van der Waals surface area contributed by atoms with Gasteiger partial charge in [0.2, 0.25) is 0 Å². The number of nitrogens with one attached hydrogen (secondary N) is 1. The van der Waals surface area contributed by atoms with E-state index < -0.39 is 17.6 Å². The first-order chi connectivity index (χ1) is 13.4. The Labute approximate surface area is 167 Å². The molecule has 1 saturated heterocycles. The molecule has 1 fully saturated rings. The van der Waals surface area contributed by atoms with Crippen molar-refractivity contribution in [3.63, 3.8) is 0 Å². The number of anilines is 1. The lowest BCUT2D eigenvalue weighted by molar-refractivity contribution is -0.122. The molecular formula is C21H19FN2O3S. The number of halogens is 1. The van der Waals surface area contributed by atoms with Gasteiger partial charge in [-0.05, 0) is 62.0 Å². The Morgan fingerprint density at radius 3 is 2.54 bits per heavy atom. The summed E-state index contributed by atoms with van der Waals surface area (Å²) in [6.07, 6.45) is 2.28. The molecule has 144 valence electrons. The van der Waals surface area contributed by atoms with Gasteiger partial charge in [-0.25, -0.2) is 4.39 Å².